The first-order chi connectivity index (χ1) is 6.79. The minimum absolute atomic E-state index is 0.0121. The summed E-state index contributed by atoms with van der Waals surface area (Å²) in [6.45, 7) is 8.24. The molecule has 0 aromatic carbocycles. The normalized spacial score (nSPS) is 19.3. The zero-order valence-electron chi connectivity index (χ0n) is 10.2. The highest BCUT2D eigenvalue weighted by Crippen LogP contribution is 2.18. The molecule has 0 saturated heterocycles. The molecule has 0 aliphatic heterocycles. The van der Waals surface area contributed by atoms with Gasteiger partial charge in [0.2, 0.25) is 5.91 Å². The molecule has 4 nitrogen and oxygen atoms in total. The summed E-state index contributed by atoms with van der Waals surface area (Å²) in [6, 6.07) is 0.0121. The Morgan fingerprint density at radius 1 is 1.53 bits per heavy atom. The van der Waals surface area contributed by atoms with Crippen LogP contribution in [-0.2, 0) is 4.79 Å². The first-order valence-corrected chi connectivity index (χ1v) is 5.53. The number of carbonyl (C=O) groups is 1. The lowest BCUT2D eigenvalue weighted by Gasteiger charge is -2.31. The van der Waals surface area contributed by atoms with Crippen LogP contribution in [0.25, 0.3) is 0 Å². The van der Waals surface area contributed by atoms with Gasteiger partial charge in [0.1, 0.15) is 0 Å². The van der Waals surface area contributed by atoms with Crippen LogP contribution >= 0.6 is 0 Å². The van der Waals surface area contributed by atoms with Gasteiger partial charge >= 0.3 is 0 Å². The molecule has 0 aromatic rings. The lowest BCUT2D eigenvalue weighted by atomic mass is 9.88. The molecule has 4 heteroatoms. The van der Waals surface area contributed by atoms with Gasteiger partial charge in [-0.25, -0.2) is 0 Å². The third-order valence-electron chi connectivity index (χ3n) is 2.99. The molecule has 0 aliphatic rings. The molecule has 0 fully saturated rings. The van der Waals surface area contributed by atoms with Crippen LogP contribution in [-0.4, -0.2) is 29.2 Å². The number of nitrogens with one attached hydrogen (secondary N) is 1. The molecule has 0 saturated carbocycles. The molecule has 0 aromatic heterocycles. The molecule has 0 bridgehead atoms. The van der Waals surface area contributed by atoms with Gasteiger partial charge in [-0.05, 0) is 19.8 Å². The zero-order chi connectivity index (χ0) is 12.1. The lowest BCUT2D eigenvalue weighted by Crippen LogP contribution is -2.46. The van der Waals surface area contributed by atoms with E-state index in [1.165, 1.54) is 0 Å². The summed E-state index contributed by atoms with van der Waals surface area (Å²) in [4.78, 5) is 10.6. The average molecular weight is 216 g/mol. The summed E-state index contributed by atoms with van der Waals surface area (Å²) in [5.74, 6) is -0.0936. The molecule has 3 unspecified atom stereocenters. The van der Waals surface area contributed by atoms with Crippen LogP contribution in [0.15, 0.2) is 0 Å². The topological polar surface area (TPSA) is 75.3 Å². The minimum atomic E-state index is -0.735. The van der Waals surface area contributed by atoms with Crippen molar-refractivity contribution in [3.8, 4) is 0 Å². The van der Waals surface area contributed by atoms with Crippen LogP contribution in [0, 0.1) is 5.92 Å². The number of rotatable bonds is 7. The van der Waals surface area contributed by atoms with Gasteiger partial charge in [-0.15, -0.1) is 0 Å². The van der Waals surface area contributed by atoms with Gasteiger partial charge in [0, 0.05) is 19.0 Å². The van der Waals surface area contributed by atoms with Crippen LogP contribution in [0.5, 0.6) is 0 Å². The van der Waals surface area contributed by atoms with Gasteiger partial charge < -0.3 is 16.2 Å². The Kier molecular flexibility index (Phi) is 5.83. The number of carbonyl (C=O) groups excluding carboxylic acids is 1. The third-order valence-corrected chi connectivity index (χ3v) is 2.99. The van der Waals surface area contributed by atoms with Crippen LogP contribution in [0.3, 0.4) is 0 Å². The first-order valence-electron chi connectivity index (χ1n) is 5.53. The summed E-state index contributed by atoms with van der Waals surface area (Å²) in [5, 5.41) is 13.2. The van der Waals surface area contributed by atoms with E-state index in [-0.39, 0.29) is 17.9 Å². The van der Waals surface area contributed by atoms with Crippen LogP contribution < -0.4 is 11.1 Å². The Balaban J connectivity index is 3.97. The van der Waals surface area contributed by atoms with Crippen molar-refractivity contribution in [1.82, 2.24) is 5.32 Å². The van der Waals surface area contributed by atoms with E-state index in [0.29, 0.717) is 13.0 Å². The molecule has 1 amide bonds. The van der Waals surface area contributed by atoms with Crippen molar-refractivity contribution in [2.24, 2.45) is 11.7 Å². The number of hydrogen-bond donors (Lipinski definition) is 3. The molecule has 0 spiro atoms. The molecule has 0 heterocycles. The maximum Gasteiger partial charge on any atom is 0.218 e. The molecule has 0 aliphatic carbocycles. The molecule has 90 valence electrons. The number of nitrogens with two attached hydrogens (primary N) is 1. The lowest BCUT2D eigenvalue weighted by molar-refractivity contribution is -0.118. The number of hydrogen-bond acceptors (Lipinski definition) is 3. The van der Waals surface area contributed by atoms with E-state index in [4.69, 9.17) is 5.73 Å². The summed E-state index contributed by atoms with van der Waals surface area (Å²) < 4.78 is 0. The molecular weight excluding hydrogens is 192 g/mol. The van der Waals surface area contributed by atoms with Gasteiger partial charge in [-0.1, -0.05) is 20.3 Å². The van der Waals surface area contributed by atoms with Crippen molar-refractivity contribution in [3.63, 3.8) is 0 Å². The van der Waals surface area contributed by atoms with E-state index in [1.54, 1.807) is 0 Å². The van der Waals surface area contributed by atoms with Crippen molar-refractivity contribution in [3.05, 3.63) is 0 Å². The second kappa shape index (κ2) is 6.08. The van der Waals surface area contributed by atoms with E-state index in [2.05, 4.69) is 5.32 Å². The van der Waals surface area contributed by atoms with Crippen LogP contribution in [0.2, 0.25) is 0 Å². The monoisotopic (exact) mass is 216 g/mol. The average Bonchev–Trinajstić information content (AvgIpc) is 2.12. The third kappa shape index (κ3) is 5.74. The molecule has 4 N–H and O–H groups in total. The Bertz CT molecular complexity index is 205. The summed E-state index contributed by atoms with van der Waals surface area (Å²) in [7, 11) is 0. The summed E-state index contributed by atoms with van der Waals surface area (Å²) >= 11 is 0. The maximum atomic E-state index is 10.6. The van der Waals surface area contributed by atoms with E-state index < -0.39 is 5.60 Å². The van der Waals surface area contributed by atoms with Gasteiger partial charge in [0.15, 0.2) is 0 Å². The molecule has 3 atom stereocenters. The number of aliphatic hydroxyl groups is 1. The fourth-order valence-corrected chi connectivity index (χ4v) is 1.37. The summed E-state index contributed by atoms with van der Waals surface area (Å²) in [6.07, 6.45) is 1.23. The molecule has 0 rings (SSSR count). The highest BCUT2D eigenvalue weighted by Gasteiger charge is 2.27. The fourth-order valence-electron chi connectivity index (χ4n) is 1.37. The first kappa shape index (κ1) is 14.4. The Morgan fingerprint density at radius 3 is 2.47 bits per heavy atom. The van der Waals surface area contributed by atoms with E-state index in [1.807, 2.05) is 27.7 Å². The SMILES string of the molecule is CCC(C)C(C)(O)CNC(C)CC(N)=O. The highest BCUT2D eigenvalue weighted by atomic mass is 16.3. The second-order valence-corrected chi connectivity index (χ2v) is 4.62. The van der Waals surface area contributed by atoms with Gasteiger partial charge in [0.25, 0.3) is 0 Å². The Labute approximate surface area is 92.2 Å². The maximum absolute atomic E-state index is 10.6. The largest absolute Gasteiger partial charge is 0.389 e. The second-order valence-electron chi connectivity index (χ2n) is 4.62. The van der Waals surface area contributed by atoms with Gasteiger partial charge in [0.05, 0.1) is 5.60 Å². The van der Waals surface area contributed by atoms with Crippen molar-refractivity contribution < 1.29 is 9.90 Å². The standard InChI is InChI=1S/C11H24N2O2/c1-5-8(2)11(4,15)7-13-9(3)6-10(12)14/h8-9,13,15H,5-7H2,1-4H3,(H2,12,14). The Hall–Kier alpha value is -0.610. The minimum Gasteiger partial charge on any atom is -0.389 e. The highest BCUT2D eigenvalue weighted by molar-refractivity contribution is 5.74. The van der Waals surface area contributed by atoms with Crippen molar-refractivity contribution in [1.29, 1.82) is 0 Å². The molecule has 15 heavy (non-hydrogen) atoms. The zero-order valence-corrected chi connectivity index (χ0v) is 10.2. The predicted molar refractivity (Wildman–Crippen MR) is 61.4 cm³/mol. The molecular formula is C11H24N2O2. The van der Waals surface area contributed by atoms with E-state index >= 15 is 0 Å². The van der Waals surface area contributed by atoms with Crippen LogP contribution in [0.1, 0.15) is 40.5 Å². The number of primary amides is 1. The van der Waals surface area contributed by atoms with Crippen molar-refractivity contribution >= 4 is 5.91 Å². The predicted octanol–water partition coefficient (Wildman–Crippen LogP) is 0.637. The fraction of sp³-hybridized carbons (Fsp3) is 0.909. The van der Waals surface area contributed by atoms with Gasteiger partial charge in [-0.3, -0.25) is 4.79 Å². The quantitative estimate of drug-likeness (QED) is 0.584. The van der Waals surface area contributed by atoms with Crippen molar-refractivity contribution in [2.75, 3.05) is 6.54 Å². The van der Waals surface area contributed by atoms with E-state index in [0.717, 1.165) is 6.42 Å². The molecule has 0 radical (unpaired) electrons. The van der Waals surface area contributed by atoms with E-state index in [9.17, 15) is 9.90 Å². The van der Waals surface area contributed by atoms with Crippen molar-refractivity contribution in [2.45, 2.75) is 52.2 Å². The van der Waals surface area contributed by atoms with Crippen LogP contribution in [0.4, 0.5) is 0 Å². The number of amides is 1. The summed E-state index contributed by atoms with van der Waals surface area (Å²) in [5.41, 5.74) is 4.34. The van der Waals surface area contributed by atoms with Gasteiger partial charge in [-0.2, -0.15) is 0 Å². The Morgan fingerprint density at radius 2 is 2.07 bits per heavy atom. The smallest absolute Gasteiger partial charge is 0.218 e.